The molecule has 0 atom stereocenters. The first-order valence-electron chi connectivity index (χ1n) is 12.0. The van der Waals surface area contributed by atoms with E-state index in [0.717, 1.165) is 33.4 Å². The number of allylic oxidation sites excluding steroid dienone is 3. The van der Waals surface area contributed by atoms with Crippen LogP contribution < -0.4 is 0 Å². The molecule has 0 aromatic heterocycles. The molecule has 0 heterocycles. The Bertz CT molecular complexity index is 1390. The van der Waals surface area contributed by atoms with Gasteiger partial charge < -0.3 is 0 Å². The van der Waals surface area contributed by atoms with Crippen molar-refractivity contribution < 1.29 is 13.2 Å². The van der Waals surface area contributed by atoms with Crippen molar-refractivity contribution in [1.29, 1.82) is 0 Å². The van der Waals surface area contributed by atoms with Crippen LogP contribution in [0.15, 0.2) is 102 Å². The lowest BCUT2D eigenvalue weighted by Crippen LogP contribution is -2.19. The van der Waals surface area contributed by atoms with Gasteiger partial charge in [0.15, 0.2) is 11.6 Å². The van der Waals surface area contributed by atoms with Gasteiger partial charge in [0, 0.05) is 16.1 Å². The minimum Gasteiger partial charge on any atom is -0.207 e. The Hall–Kier alpha value is -3.46. The van der Waals surface area contributed by atoms with Gasteiger partial charge in [0.25, 0.3) is 0 Å². The highest BCUT2D eigenvalue weighted by atomic mass is 32.2. The van der Waals surface area contributed by atoms with Crippen LogP contribution in [-0.2, 0) is 11.2 Å². The summed E-state index contributed by atoms with van der Waals surface area (Å²) in [4.78, 5) is 0.898. The second-order valence-electron chi connectivity index (χ2n) is 9.36. The van der Waals surface area contributed by atoms with Gasteiger partial charge in [-0.2, -0.15) is 0 Å². The van der Waals surface area contributed by atoms with E-state index in [1.807, 2.05) is 51.2 Å². The average molecular weight is 517 g/mol. The maximum Gasteiger partial charge on any atom is 0.159 e. The van der Waals surface area contributed by atoms with E-state index in [1.54, 1.807) is 30.0 Å². The predicted molar refractivity (Wildman–Crippen MR) is 153 cm³/mol. The van der Waals surface area contributed by atoms with E-state index < -0.39 is 17.0 Å². The molecule has 3 aromatic rings. The van der Waals surface area contributed by atoms with E-state index in [2.05, 4.69) is 37.4 Å². The van der Waals surface area contributed by atoms with Crippen molar-refractivity contribution in [2.24, 2.45) is 0 Å². The van der Waals surface area contributed by atoms with Gasteiger partial charge in [-0.3, -0.25) is 0 Å². The maximum absolute atomic E-state index is 13.8. The van der Waals surface area contributed by atoms with E-state index in [0.29, 0.717) is 5.56 Å². The highest BCUT2D eigenvalue weighted by Gasteiger charge is 2.23. The highest BCUT2D eigenvalue weighted by Crippen LogP contribution is 2.32. The number of aryl methyl sites for hydroxylation is 1. The molecule has 4 heteroatoms. The Morgan fingerprint density at radius 2 is 1.70 bits per heavy atom. The molecule has 0 saturated heterocycles. The molecular formula is C33H31F3S. The molecule has 0 nitrogen and oxygen atoms in total. The quantitative estimate of drug-likeness (QED) is 0.201. The van der Waals surface area contributed by atoms with Crippen LogP contribution in [0.1, 0.15) is 48.6 Å². The molecule has 0 spiro atoms. The van der Waals surface area contributed by atoms with Gasteiger partial charge in [-0.25, -0.2) is 13.2 Å². The number of hydrogen-bond acceptors (Lipinski definition) is 1. The summed E-state index contributed by atoms with van der Waals surface area (Å²) in [5, 5.41) is 0. The number of benzene rings is 3. The van der Waals surface area contributed by atoms with E-state index in [4.69, 9.17) is 0 Å². The highest BCUT2D eigenvalue weighted by molar-refractivity contribution is 8.02. The molecule has 0 aliphatic heterocycles. The van der Waals surface area contributed by atoms with Gasteiger partial charge in [0.2, 0.25) is 0 Å². The summed E-state index contributed by atoms with van der Waals surface area (Å²) in [6.07, 6.45) is 9.53. The zero-order valence-electron chi connectivity index (χ0n) is 21.6. The normalized spacial score (nSPS) is 11.9. The molecule has 3 aromatic carbocycles. The van der Waals surface area contributed by atoms with Crippen LogP contribution in [0.5, 0.6) is 0 Å². The summed E-state index contributed by atoms with van der Waals surface area (Å²) >= 11 is 1.64. The van der Waals surface area contributed by atoms with Gasteiger partial charge >= 0.3 is 0 Å². The Balaban J connectivity index is 1.91. The first-order valence-corrected chi connectivity index (χ1v) is 13.0. The Labute approximate surface area is 222 Å². The van der Waals surface area contributed by atoms with E-state index >= 15 is 0 Å². The zero-order chi connectivity index (χ0) is 27.0. The van der Waals surface area contributed by atoms with Gasteiger partial charge in [0.1, 0.15) is 5.82 Å². The lowest BCUT2D eigenvalue weighted by Gasteiger charge is -2.26. The Morgan fingerprint density at radius 1 is 0.973 bits per heavy atom. The standard InChI is InChI=1S/C33H31F3S/c1-6-26-20-23(2)10-14-27(26)22-37-30(18-13-25-11-16-29(34)17-12-25)9-7-8-24(3)33(4,5)28-15-19-31(35)32(36)21-28/h6-8,10-21H,1,22H2,2-5H3/b18-13-,24-8+. The fourth-order valence-electron chi connectivity index (χ4n) is 3.64. The summed E-state index contributed by atoms with van der Waals surface area (Å²) in [5.41, 5.74) is 8.87. The predicted octanol–water partition coefficient (Wildman–Crippen LogP) is 9.97. The molecule has 0 unspecified atom stereocenters. The van der Waals surface area contributed by atoms with Crippen LogP contribution in [-0.4, -0.2) is 0 Å². The second kappa shape index (κ2) is 12.7. The first kappa shape index (κ1) is 28.1. The van der Waals surface area contributed by atoms with Crippen molar-refractivity contribution in [3.8, 4) is 0 Å². The molecule has 0 amide bonds. The largest absolute Gasteiger partial charge is 0.207 e. The molecule has 37 heavy (non-hydrogen) atoms. The Morgan fingerprint density at radius 3 is 2.38 bits per heavy atom. The van der Waals surface area contributed by atoms with Crippen molar-refractivity contribution in [2.75, 3.05) is 0 Å². The van der Waals surface area contributed by atoms with Crippen molar-refractivity contribution in [2.45, 2.75) is 38.9 Å². The fraction of sp³-hybridized carbons (Fsp3) is 0.182. The molecule has 0 saturated carbocycles. The molecular weight excluding hydrogens is 485 g/mol. The summed E-state index contributed by atoms with van der Waals surface area (Å²) in [5.74, 6) is -1.25. The first-order chi connectivity index (χ1) is 17.6. The summed E-state index contributed by atoms with van der Waals surface area (Å²) < 4.78 is 40.5. The number of rotatable bonds is 9. The minimum atomic E-state index is -0.855. The van der Waals surface area contributed by atoms with Gasteiger partial charge in [-0.15, -0.1) is 17.5 Å². The van der Waals surface area contributed by atoms with Gasteiger partial charge in [-0.1, -0.05) is 86.2 Å². The number of halogens is 3. The third-order valence-corrected chi connectivity index (χ3v) is 7.41. The smallest absolute Gasteiger partial charge is 0.159 e. The molecule has 0 radical (unpaired) electrons. The van der Waals surface area contributed by atoms with Crippen LogP contribution in [0.2, 0.25) is 0 Å². The third-order valence-electron chi connectivity index (χ3n) is 6.39. The topological polar surface area (TPSA) is 0 Å². The second-order valence-corrected chi connectivity index (χ2v) is 10.4. The van der Waals surface area contributed by atoms with Crippen LogP contribution in [0.25, 0.3) is 12.2 Å². The van der Waals surface area contributed by atoms with Crippen LogP contribution in [0, 0.1) is 24.4 Å². The fourth-order valence-corrected chi connectivity index (χ4v) is 4.53. The third kappa shape index (κ3) is 7.76. The van der Waals surface area contributed by atoms with Crippen molar-refractivity contribution in [3.05, 3.63) is 147 Å². The summed E-state index contributed by atoms with van der Waals surface area (Å²) in [7, 11) is 0. The SMILES string of the molecule is C=Cc1cc(C)ccc1CSC(=C=C/C=C(\C)C(C)(C)c1ccc(F)c(F)c1)/C=C\c1ccc(F)cc1. The molecule has 0 aliphatic rings. The number of thioether (sulfide) groups is 1. The number of hydrogen-bond donors (Lipinski definition) is 0. The minimum absolute atomic E-state index is 0.275. The van der Waals surface area contributed by atoms with Gasteiger partial charge in [0.05, 0.1) is 0 Å². The van der Waals surface area contributed by atoms with Crippen molar-refractivity contribution >= 4 is 23.9 Å². The molecule has 190 valence electrons. The van der Waals surface area contributed by atoms with Crippen LogP contribution in [0.4, 0.5) is 13.2 Å². The van der Waals surface area contributed by atoms with E-state index in [1.165, 1.54) is 29.3 Å². The molecule has 0 bridgehead atoms. The van der Waals surface area contributed by atoms with Crippen molar-refractivity contribution in [1.82, 2.24) is 0 Å². The molecule has 0 N–H and O–H groups in total. The van der Waals surface area contributed by atoms with Crippen LogP contribution in [0.3, 0.4) is 0 Å². The summed E-state index contributed by atoms with van der Waals surface area (Å²) in [6, 6.07) is 16.6. The van der Waals surface area contributed by atoms with Gasteiger partial charge in [-0.05, 0) is 72.5 Å². The molecule has 0 aliphatic carbocycles. The lowest BCUT2D eigenvalue weighted by molar-refractivity contribution is 0.501. The Kier molecular flexibility index (Phi) is 9.63. The monoisotopic (exact) mass is 516 g/mol. The van der Waals surface area contributed by atoms with Crippen molar-refractivity contribution in [3.63, 3.8) is 0 Å². The molecule has 0 fully saturated rings. The van der Waals surface area contributed by atoms with Crippen LogP contribution >= 0.6 is 11.8 Å². The average Bonchev–Trinajstić information content (AvgIpc) is 2.88. The summed E-state index contributed by atoms with van der Waals surface area (Å²) in [6.45, 7) is 11.9. The lowest BCUT2D eigenvalue weighted by atomic mass is 9.78. The zero-order valence-corrected chi connectivity index (χ0v) is 22.4. The maximum atomic E-state index is 13.8. The van der Waals surface area contributed by atoms with E-state index in [9.17, 15) is 13.2 Å². The van der Waals surface area contributed by atoms with E-state index in [-0.39, 0.29) is 5.82 Å². The molecule has 3 rings (SSSR count).